The van der Waals surface area contributed by atoms with Crippen molar-refractivity contribution in [2.45, 2.75) is 124 Å². The molecule has 0 fully saturated rings. The monoisotopic (exact) mass is 514 g/mol. The number of carbonyl (C=O) groups is 2. The van der Waals surface area contributed by atoms with Gasteiger partial charge < -0.3 is 12.7 Å². The van der Waals surface area contributed by atoms with E-state index in [9.17, 15) is 9.59 Å². The van der Waals surface area contributed by atoms with E-state index in [1.807, 2.05) is 0 Å². The van der Waals surface area contributed by atoms with Gasteiger partial charge in [-0.3, -0.25) is 9.59 Å². The molecule has 0 heterocycles. The van der Waals surface area contributed by atoms with Crippen molar-refractivity contribution in [1.82, 2.24) is 0 Å². The predicted molar refractivity (Wildman–Crippen MR) is 147 cm³/mol. The first kappa shape index (κ1) is 32.4. The molecule has 0 aromatic rings. The van der Waals surface area contributed by atoms with Gasteiger partial charge in [0.15, 0.2) is 19.9 Å². The zero-order valence-electron chi connectivity index (χ0n) is 23.1. The van der Waals surface area contributed by atoms with Crippen molar-refractivity contribution < 1.29 is 22.2 Å². The highest BCUT2D eigenvalue weighted by Crippen LogP contribution is 2.29. The van der Waals surface area contributed by atoms with Crippen LogP contribution in [0.5, 0.6) is 0 Å². The Balaban J connectivity index is 4.66. The van der Waals surface area contributed by atoms with E-state index in [0.29, 0.717) is 24.0 Å². The second kappa shape index (κ2) is 13.4. The Morgan fingerprint density at radius 3 is 1.64 bits per heavy atom. The predicted octanol–water partition coefficient (Wildman–Crippen LogP) is 7.44. The standard InChI is InChI=1S/C25H50O5Si3/c1-21(2)23(26)17-13-15-19-25(5,6)28-32(9,10)30-33(11,12)29-31(7,8)20-16-14-18-24(27)22(3)4/h1,3,13-20H2,2,4-12H3. The molecule has 33 heavy (non-hydrogen) atoms. The number of unbranched alkanes of at least 4 members (excludes halogenated alkanes) is 2. The molecule has 0 saturated heterocycles. The van der Waals surface area contributed by atoms with E-state index < -0.39 is 25.4 Å². The fraction of sp³-hybridized carbons (Fsp3) is 0.760. The third-order valence-electron chi connectivity index (χ3n) is 5.35. The molecule has 0 saturated carbocycles. The molecule has 0 atom stereocenters. The van der Waals surface area contributed by atoms with Crippen LogP contribution in [0.4, 0.5) is 0 Å². The Bertz CT molecular complexity index is 638. The molecule has 0 aliphatic heterocycles. The minimum atomic E-state index is -2.42. The molecule has 0 unspecified atom stereocenters. The Labute approximate surface area is 207 Å². The van der Waals surface area contributed by atoms with E-state index in [2.05, 4.69) is 66.3 Å². The average molecular weight is 515 g/mol. The van der Waals surface area contributed by atoms with Gasteiger partial charge in [-0.05, 0) is 103 Å². The molecule has 0 aliphatic rings. The van der Waals surface area contributed by atoms with Crippen LogP contribution in [0.3, 0.4) is 0 Å². The summed E-state index contributed by atoms with van der Waals surface area (Å²) in [4.78, 5) is 23.5. The number of Topliss-reactive ketones (excluding diaryl/α,β-unsaturated/α-hetero) is 2. The number of hydrogen-bond donors (Lipinski definition) is 0. The van der Waals surface area contributed by atoms with Gasteiger partial charge >= 0.3 is 17.1 Å². The molecule has 192 valence electrons. The quantitative estimate of drug-likeness (QED) is 0.108. The van der Waals surface area contributed by atoms with Gasteiger partial charge in [0.2, 0.25) is 0 Å². The van der Waals surface area contributed by atoms with E-state index in [1.165, 1.54) is 0 Å². The summed E-state index contributed by atoms with van der Waals surface area (Å²) in [5, 5.41) is 0. The van der Waals surface area contributed by atoms with Crippen molar-refractivity contribution >= 4 is 37.0 Å². The van der Waals surface area contributed by atoms with Crippen LogP contribution in [-0.2, 0) is 22.2 Å². The zero-order valence-corrected chi connectivity index (χ0v) is 26.1. The Kier molecular flexibility index (Phi) is 13.2. The highest BCUT2D eigenvalue weighted by Gasteiger charge is 2.42. The maximum absolute atomic E-state index is 11.7. The van der Waals surface area contributed by atoms with E-state index in [0.717, 1.165) is 38.1 Å². The second-order valence-corrected chi connectivity index (χ2v) is 22.9. The smallest absolute Gasteiger partial charge is 0.323 e. The highest BCUT2D eigenvalue weighted by molar-refractivity contribution is 6.86. The molecule has 0 aliphatic carbocycles. The van der Waals surface area contributed by atoms with Gasteiger partial charge in [-0.2, -0.15) is 0 Å². The summed E-state index contributed by atoms with van der Waals surface area (Å²) in [6, 6.07) is 1.01. The van der Waals surface area contributed by atoms with E-state index in [1.54, 1.807) is 13.8 Å². The number of rotatable bonds is 18. The molecule has 0 amide bonds. The summed E-state index contributed by atoms with van der Waals surface area (Å²) in [6.45, 7) is 28.1. The number of hydrogen-bond acceptors (Lipinski definition) is 5. The fourth-order valence-electron chi connectivity index (χ4n) is 4.17. The van der Waals surface area contributed by atoms with Crippen molar-refractivity contribution in [1.29, 1.82) is 0 Å². The van der Waals surface area contributed by atoms with Gasteiger partial charge in [-0.25, -0.2) is 0 Å². The lowest BCUT2D eigenvalue weighted by molar-refractivity contribution is -0.116. The maximum atomic E-state index is 11.7. The average Bonchev–Trinajstić information content (AvgIpc) is 2.58. The maximum Gasteiger partial charge on any atom is 0.323 e. The normalized spacial score (nSPS) is 13.2. The van der Waals surface area contributed by atoms with Gasteiger partial charge in [0.25, 0.3) is 0 Å². The first-order chi connectivity index (χ1) is 14.8. The number of carbonyl (C=O) groups excluding carboxylic acids is 2. The van der Waals surface area contributed by atoms with Crippen molar-refractivity contribution in [2.75, 3.05) is 0 Å². The van der Waals surface area contributed by atoms with Crippen LogP contribution in [0.2, 0.25) is 45.3 Å². The Morgan fingerprint density at radius 1 is 0.727 bits per heavy atom. The number of allylic oxidation sites excluding steroid dienone is 2. The fourth-order valence-corrected chi connectivity index (χ4v) is 17.9. The molecular formula is C25H50O5Si3. The lowest BCUT2D eigenvalue weighted by atomic mass is 9.99. The molecule has 0 aromatic carbocycles. The van der Waals surface area contributed by atoms with Gasteiger partial charge in [-0.1, -0.05) is 26.0 Å². The third kappa shape index (κ3) is 15.8. The van der Waals surface area contributed by atoms with Crippen molar-refractivity contribution in [3.8, 4) is 0 Å². The van der Waals surface area contributed by atoms with E-state index in [-0.39, 0.29) is 17.2 Å². The lowest BCUT2D eigenvalue weighted by Crippen LogP contribution is -2.55. The van der Waals surface area contributed by atoms with Crippen LogP contribution >= 0.6 is 0 Å². The molecule has 8 heteroatoms. The third-order valence-corrected chi connectivity index (χ3v) is 16.1. The van der Waals surface area contributed by atoms with Gasteiger partial charge in [-0.15, -0.1) is 0 Å². The van der Waals surface area contributed by atoms with Crippen LogP contribution in [0.15, 0.2) is 24.3 Å². The SMILES string of the molecule is C=C(C)C(=O)CCCCC(C)(C)O[Si](C)(C)O[Si](C)(C)O[Si](C)(C)CCCCC(=O)C(=C)C. The van der Waals surface area contributed by atoms with Crippen molar-refractivity contribution in [3.05, 3.63) is 24.3 Å². The van der Waals surface area contributed by atoms with Crippen molar-refractivity contribution in [2.24, 2.45) is 0 Å². The van der Waals surface area contributed by atoms with Gasteiger partial charge in [0.05, 0.1) is 5.60 Å². The minimum absolute atomic E-state index is 0.144. The van der Waals surface area contributed by atoms with Crippen LogP contribution < -0.4 is 0 Å². The van der Waals surface area contributed by atoms with Crippen LogP contribution in [0.1, 0.15) is 72.6 Å². The number of ketones is 2. The van der Waals surface area contributed by atoms with E-state index in [4.69, 9.17) is 12.7 Å². The summed E-state index contributed by atoms with van der Waals surface area (Å²) in [5.41, 5.74) is 0.960. The summed E-state index contributed by atoms with van der Waals surface area (Å²) >= 11 is 0. The summed E-state index contributed by atoms with van der Waals surface area (Å²) in [6.07, 6.45) is 5.65. The second-order valence-electron chi connectivity index (χ2n) is 11.4. The molecule has 0 aromatic heterocycles. The van der Waals surface area contributed by atoms with E-state index >= 15 is 0 Å². The molecular weight excluding hydrogens is 465 g/mol. The molecule has 0 N–H and O–H groups in total. The summed E-state index contributed by atoms with van der Waals surface area (Å²) in [5.74, 6) is 0.300. The van der Waals surface area contributed by atoms with Crippen LogP contribution in [0.25, 0.3) is 0 Å². The van der Waals surface area contributed by atoms with Gasteiger partial charge in [0.1, 0.15) is 0 Å². The largest absolute Gasteiger partial charge is 0.436 e. The first-order valence-electron chi connectivity index (χ1n) is 12.3. The summed E-state index contributed by atoms with van der Waals surface area (Å²) in [7, 11) is -6.70. The highest BCUT2D eigenvalue weighted by atomic mass is 28.5. The molecule has 5 nitrogen and oxygen atoms in total. The van der Waals surface area contributed by atoms with Gasteiger partial charge in [0, 0.05) is 12.8 Å². The Hall–Kier alpha value is -0.649. The molecule has 0 spiro atoms. The molecule has 0 bridgehead atoms. The molecule has 0 rings (SSSR count). The first-order valence-corrected chi connectivity index (χ1v) is 21.0. The van der Waals surface area contributed by atoms with Crippen LogP contribution in [0, 0.1) is 0 Å². The zero-order chi connectivity index (χ0) is 26.1. The molecule has 0 radical (unpaired) electrons. The Morgan fingerprint density at radius 2 is 1.18 bits per heavy atom. The van der Waals surface area contributed by atoms with Crippen LogP contribution in [-0.4, -0.2) is 42.6 Å². The topological polar surface area (TPSA) is 61.8 Å². The minimum Gasteiger partial charge on any atom is -0.436 e. The lowest BCUT2D eigenvalue weighted by Gasteiger charge is -2.41. The summed E-state index contributed by atoms with van der Waals surface area (Å²) < 4.78 is 19.7. The van der Waals surface area contributed by atoms with Crippen molar-refractivity contribution in [3.63, 3.8) is 0 Å².